The van der Waals surface area contributed by atoms with E-state index in [1.165, 1.54) is 12.5 Å². The van der Waals surface area contributed by atoms with Crippen LogP contribution in [0.5, 0.6) is 0 Å². The van der Waals surface area contributed by atoms with Crippen molar-refractivity contribution in [2.45, 2.75) is 57.9 Å². The zero-order valence-electron chi connectivity index (χ0n) is 21.3. The number of nitrogens with zero attached hydrogens (tertiary/aromatic N) is 3. The van der Waals surface area contributed by atoms with Crippen molar-refractivity contribution in [3.8, 4) is 5.00 Å². The first-order valence-corrected chi connectivity index (χ1v) is 14.9. The van der Waals surface area contributed by atoms with E-state index in [-0.39, 0.29) is 24.2 Å². The van der Waals surface area contributed by atoms with Crippen LogP contribution in [-0.4, -0.2) is 26.5 Å². The highest BCUT2D eigenvalue weighted by atomic mass is 35.5. The van der Waals surface area contributed by atoms with Gasteiger partial charge in [0.25, 0.3) is 5.91 Å². The molecule has 1 saturated carbocycles. The predicted molar refractivity (Wildman–Crippen MR) is 157 cm³/mol. The normalized spacial score (nSPS) is 13.9. The molecule has 0 saturated heterocycles. The molecule has 2 heterocycles. The Kier molecular flexibility index (Phi) is 8.72. The van der Waals surface area contributed by atoms with Crippen LogP contribution in [0.2, 0.25) is 15.1 Å². The molecule has 1 fully saturated rings. The van der Waals surface area contributed by atoms with Gasteiger partial charge in [-0.1, -0.05) is 73.1 Å². The SMILES string of the molecule is CCc1cc(C(=O)c2ccccc2Cl)c(-n2c(CNC(=O)c3ccc(Cl)c(Cl)c3)nnc2C2CCCCC2)s1. The van der Waals surface area contributed by atoms with Crippen LogP contribution in [0.1, 0.15) is 87.8 Å². The topological polar surface area (TPSA) is 76.9 Å². The average Bonchev–Trinajstić information content (AvgIpc) is 3.57. The molecule has 5 rings (SSSR count). The number of aryl methyl sites for hydroxylation is 1. The minimum Gasteiger partial charge on any atom is -0.345 e. The van der Waals surface area contributed by atoms with Gasteiger partial charge in [-0.25, -0.2) is 0 Å². The number of nitrogens with one attached hydrogen (secondary N) is 1. The van der Waals surface area contributed by atoms with E-state index in [1.54, 1.807) is 41.7 Å². The summed E-state index contributed by atoms with van der Waals surface area (Å²) in [5, 5.41) is 13.9. The molecule has 6 nitrogen and oxygen atoms in total. The first-order chi connectivity index (χ1) is 18.9. The van der Waals surface area contributed by atoms with Crippen LogP contribution >= 0.6 is 46.1 Å². The maximum absolute atomic E-state index is 13.8. The lowest BCUT2D eigenvalue weighted by Crippen LogP contribution is -2.25. The number of amides is 1. The molecular weight excluding hydrogens is 575 g/mol. The zero-order chi connectivity index (χ0) is 27.5. The lowest BCUT2D eigenvalue weighted by Gasteiger charge is -2.22. The maximum Gasteiger partial charge on any atom is 0.251 e. The largest absolute Gasteiger partial charge is 0.345 e. The number of ketones is 1. The molecular formula is C29H27Cl3N4O2S. The minimum absolute atomic E-state index is 0.123. The second kappa shape index (κ2) is 12.2. The number of benzene rings is 2. The summed E-state index contributed by atoms with van der Waals surface area (Å²) in [6, 6.07) is 13.8. The van der Waals surface area contributed by atoms with E-state index in [1.807, 2.05) is 16.7 Å². The second-order valence-electron chi connectivity index (χ2n) is 9.55. The minimum atomic E-state index is -0.310. The van der Waals surface area contributed by atoms with Crippen LogP contribution in [-0.2, 0) is 13.0 Å². The van der Waals surface area contributed by atoms with Crippen LogP contribution in [0.15, 0.2) is 48.5 Å². The maximum atomic E-state index is 13.8. The number of halogens is 3. The van der Waals surface area contributed by atoms with Crippen LogP contribution in [0, 0.1) is 0 Å². The third-order valence-corrected chi connectivity index (χ3v) is 9.33. The number of hydrogen-bond acceptors (Lipinski definition) is 5. The zero-order valence-corrected chi connectivity index (χ0v) is 24.4. The Hall–Kier alpha value is -2.71. The fourth-order valence-corrected chi connectivity index (χ4v) is 6.56. The molecule has 0 bridgehead atoms. The third-order valence-electron chi connectivity index (χ3n) is 6.99. The summed E-state index contributed by atoms with van der Waals surface area (Å²) >= 11 is 20.1. The Morgan fingerprint density at radius 1 is 0.949 bits per heavy atom. The summed E-state index contributed by atoms with van der Waals surface area (Å²) in [4.78, 5) is 27.8. The molecule has 202 valence electrons. The van der Waals surface area contributed by atoms with Crippen molar-refractivity contribution in [2.75, 3.05) is 0 Å². The summed E-state index contributed by atoms with van der Waals surface area (Å²) in [5.41, 5.74) is 1.39. The molecule has 1 aliphatic rings. The van der Waals surface area contributed by atoms with E-state index in [0.717, 1.165) is 47.8 Å². The number of thiophene rings is 1. The molecule has 10 heteroatoms. The molecule has 0 radical (unpaired) electrons. The Morgan fingerprint density at radius 3 is 2.44 bits per heavy atom. The first-order valence-electron chi connectivity index (χ1n) is 13.0. The standard InChI is InChI=1S/C29H27Cl3N4O2S/c1-2-19-15-21(26(37)20-10-6-7-11-22(20)30)29(39-19)36-25(34-35-27(36)17-8-4-3-5-9-17)16-33-28(38)18-12-13-23(31)24(32)14-18/h6-7,10-15,17H,2-5,8-9,16H2,1H3,(H,33,38). The van der Waals surface area contributed by atoms with Crippen molar-refractivity contribution < 1.29 is 9.59 Å². The van der Waals surface area contributed by atoms with Crippen molar-refractivity contribution >= 4 is 57.8 Å². The summed E-state index contributed by atoms with van der Waals surface area (Å²) in [6.45, 7) is 2.18. The second-order valence-corrected chi connectivity index (χ2v) is 11.9. The van der Waals surface area contributed by atoms with E-state index < -0.39 is 0 Å². The van der Waals surface area contributed by atoms with Gasteiger partial charge >= 0.3 is 0 Å². The number of rotatable bonds is 8. The van der Waals surface area contributed by atoms with E-state index >= 15 is 0 Å². The molecule has 39 heavy (non-hydrogen) atoms. The molecule has 2 aromatic heterocycles. The van der Waals surface area contributed by atoms with Crippen LogP contribution < -0.4 is 5.32 Å². The molecule has 4 aromatic rings. The fourth-order valence-electron chi connectivity index (χ4n) is 4.91. The molecule has 1 aliphatic carbocycles. The van der Waals surface area contributed by atoms with Crippen molar-refractivity contribution in [1.82, 2.24) is 20.1 Å². The first kappa shape index (κ1) is 27.8. The molecule has 1 amide bonds. The van der Waals surface area contributed by atoms with Gasteiger partial charge in [0.1, 0.15) is 10.8 Å². The molecule has 2 aromatic carbocycles. The van der Waals surface area contributed by atoms with E-state index in [2.05, 4.69) is 22.4 Å². The molecule has 1 N–H and O–H groups in total. The Balaban J connectivity index is 1.55. The van der Waals surface area contributed by atoms with Gasteiger partial charge in [0.05, 0.1) is 27.2 Å². The van der Waals surface area contributed by atoms with Gasteiger partial charge in [0, 0.05) is 21.9 Å². The van der Waals surface area contributed by atoms with Gasteiger partial charge in [-0.15, -0.1) is 21.5 Å². The molecule has 0 aliphatic heterocycles. The third kappa shape index (κ3) is 5.92. The predicted octanol–water partition coefficient (Wildman–Crippen LogP) is 8.06. The summed E-state index contributed by atoms with van der Waals surface area (Å²) in [5.74, 6) is 1.14. The molecule has 0 atom stereocenters. The lowest BCUT2D eigenvalue weighted by atomic mass is 9.88. The summed E-state index contributed by atoms with van der Waals surface area (Å²) in [6.07, 6.45) is 6.24. The van der Waals surface area contributed by atoms with Gasteiger partial charge in [-0.3, -0.25) is 14.2 Å². The Morgan fingerprint density at radius 2 is 1.72 bits per heavy atom. The Bertz CT molecular complexity index is 1520. The number of hydrogen-bond donors (Lipinski definition) is 1. The number of aromatic nitrogens is 3. The van der Waals surface area contributed by atoms with E-state index in [4.69, 9.17) is 34.8 Å². The van der Waals surface area contributed by atoms with Crippen LogP contribution in [0.3, 0.4) is 0 Å². The van der Waals surface area contributed by atoms with Crippen LogP contribution in [0.25, 0.3) is 5.00 Å². The highest BCUT2D eigenvalue weighted by Gasteiger charge is 2.29. The number of carbonyl (C=O) groups excluding carboxylic acids is 2. The quantitative estimate of drug-likeness (QED) is 0.207. The van der Waals surface area contributed by atoms with Gasteiger partial charge in [-0.05, 0) is 55.7 Å². The van der Waals surface area contributed by atoms with Crippen molar-refractivity contribution in [2.24, 2.45) is 0 Å². The number of carbonyl (C=O) groups is 2. The van der Waals surface area contributed by atoms with Crippen molar-refractivity contribution in [3.63, 3.8) is 0 Å². The van der Waals surface area contributed by atoms with Crippen LogP contribution in [0.4, 0.5) is 0 Å². The molecule has 0 unspecified atom stereocenters. The van der Waals surface area contributed by atoms with E-state index in [0.29, 0.717) is 37.6 Å². The Labute approximate surface area is 246 Å². The van der Waals surface area contributed by atoms with Gasteiger partial charge in [-0.2, -0.15) is 0 Å². The summed E-state index contributed by atoms with van der Waals surface area (Å²) in [7, 11) is 0. The van der Waals surface area contributed by atoms with Gasteiger partial charge < -0.3 is 5.32 Å². The lowest BCUT2D eigenvalue weighted by molar-refractivity contribution is 0.0948. The van der Waals surface area contributed by atoms with Gasteiger partial charge in [0.2, 0.25) is 0 Å². The molecule has 0 spiro atoms. The highest BCUT2D eigenvalue weighted by molar-refractivity contribution is 7.15. The highest BCUT2D eigenvalue weighted by Crippen LogP contribution is 2.37. The van der Waals surface area contributed by atoms with Crippen molar-refractivity contribution in [3.05, 3.63) is 96.8 Å². The van der Waals surface area contributed by atoms with Crippen molar-refractivity contribution in [1.29, 1.82) is 0 Å². The summed E-state index contributed by atoms with van der Waals surface area (Å²) < 4.78 is 1.99. The monoisotopic (exact) mass is 600 g/mol. The fraction of sp³-hybridized carbons (Fsp3) is 0.310. The average molecular weight is 602 g/mol. The van der Waals surface area contributed by atoms with Gasteiger partial charge in [0.15, 0.2) is 11.6 Å². The van der Waals surface area contributed by atoms with E-state index in [9.17, 15) is 9.59 Å². The smallest absolute Gasteiger partial charge is 0.251 e.